The number of aryl methyl sites for hydroxylation is 1. The molecule has 0 radical (unpaired) electrons. The number of fused-ring (bicyclic) bond motifs is 3. The van der Waals surface area contributed by atoms with E-state index >= 15 is 0 Å². The molecule has 0 saturated carbocycles. The van der Waals surface area contributed by atoms with E-state index in [1.54, 1.807) is 0 Å². The van der Waals surface area contributed by atoms with Crippen LogP contribution in [-0.2, 0) is 13.0 Å². The zero-order chi connectivity index (χ0) is 24.4. The van der Waals surface area contributed by atoms with Gasteiger partial charge in [-0.05, 0) is 48.6 Å². The summed E-state index contributed by atoms with van der Waals surface area (Å²) in [6, 6.07) is 24.5. The average Bonchev–Trinajstić information content (AvgIpc) is 3.46. The number of carbonyl (C=O) groups is 1. The van der Waals surface area contributed by atoms with Crippen molar-refractivity contribution in [1.82, 2.24) is 24.6 Å². The number of aromatic nitrogens is 3. The molecule has 6 heteroatoms. The van der Waals surface area contributed by atoms with Gasteiger partial charge in [-0.2, -0.15) is 5.10 Å². The molecule has 1 aliphatic heterocycles. The van der Waals surface area contributed by atoms with E-state index in [0.29, 0.717) is 19.0 Å². The number of amides is 2. The summed E-state index contributed by atoms with van der Waals surface area (Å²) in [4.78, 5) is 15.7. The fraction of sp³-hybridized carbons (Fsp3) is 0.310. The lowest BCUT2D eigenvalue weighted by atomic mass is 10.0. The SMILES string of the molecule is CCc1nn(-c2ccccc2)c2c1CN(C(=O)NCCC(C)C)[C@H](c1ccccc1)c1cccn1-2. The molecule has 1 atom stereocenters. The van der Waals surface area contributed by atoms with Gasteiger partial charge in [0.25, 0.3) is 0 Å². The molecule has 35 heavy (non-hydrogen) atoms. The van der Waals surface area contributed by atoms with Gasteiger partial charge in [-0.25, -0.2) is 9.48 Å². The van der Waals surface area contributed by atoms with Crippen LogP contribution in [-0.4, -0.2) is 31.8 Å². The highest BCUT2D eigenvalue weighted by Crippen LogP contribution is 2.38. The van der Waals surface area contributed by atoms with Gasteiger partial charge < -0.3 is 14.8 Å². The maximum atomic E-state index is 13.7. The Labute approximate surface area is 207 Å². The van der Waals surface area contributed by atoms with E-state index in [9.17, 15) is 4.79 Å². The third-order valence-electron chi connectivity index (χ3n) is 6.68. The Morgan fingerprint density at radius 2 is 1.74 bits per heavy atom. The van der Waals surface area contributed by atoms with Crippen molar-refractivity contribution in [3.63, 3.8) is 0 Å². The van der Waals surface area contributed by atoms with E-state index in [1.165, 1.54) is 0 Å². The van der Waals surface area contributed by atoms with Crippen LogP contribution in [0.5, 0.6) is 0 Å². The first kappa shape index (κ1) is 23.0. The number of benzene rings is 2. The van der Waals surface area contributed by atoms with Crippen molar-refractivity contribution in [2.75, 3.05) is 6.54 Å². The normalized spacial score (nSPS) is 15.0. The van der Waals surface area contributed by atoms with Crippen molar-refractivity contribution in [3.05, 3.63) is 102 Å². The quantitative estimate of drug-likeness (QED) is 0.385. The summed E-state index contributed by atoms with van der Waals surface area (Å²) in [5.74, 6) is 1.54. The first-order valence-electron chi connectivity index (χ1n) is 12.5. The Bertz CT molecular complexity index is 1290. The van der Waals surface area contributed by atoms with Crippen LogP contribution in [0.2, 0.25) is 0 Å². The fourth-order valence-electron chi connectivity index (χ4n) is 4.90. The van der Waals surface area contributed by atoms with Gasteiger partial charge in [-0.3, -0.25) is 0 Å². The largest absolute Gasteiger partial charge is 0.338 e. The van der Waals surface area contributed by atoms with Crippen LogP contribution in [0.3, 0.4) is 0 Å². The van der Waals surface area contributed by atoms with E-state index in [4.69, 9.17) is 5.10 Å². The molecule has 2 amide bonds. The number of rotatable bonds is 6. The number of para-hydroxylation sites is 1. The van der Waals surface area contributed by atoms with E-state index in [-0.39, 0.29) is 12.1 Å². The Morgan fingerprint density at radius 3 is 2.43 bits per heavy atom. The average molecular weight is 468 g/mol. The monoisotopic (exact) mass is 467 g/mol. The Balaban J connectivity index is 1.68. The fourth-order valence-corrected chi connectivity index (χ4v) is 4.90. The van der Waals surface area contributed by atoms with Gasteiger partial charge in [-0.15, -0.1) is 0 Å². The van der Waals surface area contributed by atoms with E-state index in [2.05, 4.69) is 73.3 Å². The second-order valence-corrected chi connectivity index (χ2v) is 9.51. The summed E-state index contributed by atoms with van der Waals surface area (Å²) in [6.45, 7) is 7.62. The van der Waals surface area contributed by atoms with Crippen LogP contribution in [0.4, 0.5) is 4.79 Å². The van der Waals surface area contributed by atoms with Gasteiger partial charge >= 0.3 is 6.03 Å². The maximum absolute atomic E-state index is 13.7. The standard InChI is InChI=1S/C29H33N5O/c1-4-25-24-20-33(29(35)30-18-17-21(2)3)27(22-12-7-5-8-13-22)26-16-11-19-32(26)28(24)34(31-25)23-14-9-6-10-15-23/h5-16,19,21,27H,4,17-18,20H2,1-3H3,(H,30,35)/t27-/m1/s1. The molecule has 1 aliphatic rings. The summed E-state index contributed by atoms with van der Waals surface area (Å²) in [5.41, 5.74) is 5.25. The van der Waals surface area contributed by atoms with Crippen molar-refractivity contribution >= 4 is 6.03 Å². The van der Waals surface area contributed by atoms with Gasteiger partial charge in [0, 0.05) is 18.3 Å². The molecule has 180 valence electrons. The highest BCUT2D eigenvalue weighted by molar-refractivity contribution is 5.76. The summed E-state index contributed by atoms with van der Waals surface area (Å²) in [6.07, 6.45) is 3.83. The molecule has 0 unspecified atom stereocenters. The number of carbonyl (C=O) groups excluding carboxylic acids is 1. The zero-order valence-corrected chi connectivity index (χ0v) is 20.7. The predicted molar refractivity (Wildman–Crippen MR) is 139 cm³/mol. The van der Waals surface area contributed by atoms with Crippen molar-refractivity contribution in [2.45, 2.75) is 46.2 Å². The summed E-state index contributed by atoms with van der Waals surface area (Å²) in [7, 11) is 0. The molecule has 0 bridgehead atoms. The summed E-state index contributed by atoms with van der Waals surface area (Å²) < 4.78 is 4.24. The second kappa shape index (κ2) is 9.82. The lowest BCUT2D eigenvalue weighted by Gasteiger charge is -2.31. The molecule has 4 aromatic rings. The Morgan fingerprint density at radius 1 is 1.03 bits per heavy atom. The first-order valence-corrected chi connectivity index (χ1v) is 12.5. The molecule has 1 N–H and O–H groups in total. The molecule has 6 nitrogen and oxygen atoms in total. The molecule has 0 fully saturated rings. The molecular weight excluding hydrogens is 434 g/mol. The predicted octanol–water partition coefficient (Wildman–Crippen LogP) is 5.89. The molecule has 2 aromatic carbocycles. The minimum Gasteiger partial charge on any atom is -0.338 e. The van der Waals surface area contributed by atoms with Crippen molar-refractivity contribution in [2.24, 2.45) is 5.92 Å². The van der Waals surface area contributed by atoms with Crippen LogP contribution in [0.25, 0.3) is 11.5 Å². The van der Waals surface area contributed by atoms with Gasteiger partial charge in [0.1, 0.15) is 5.82 Å². The van der Waals surface area contributed by atoms with Crippen LogP contribution in [0, 0.1) is 5.92 Å². The zero-order valence-electron chi connectivity index (χ0n) is 20.7. The van der Waals surface area contributed by atoms with Crippen LogP contribution in [0.1, 0.15) is 55.7 Å². The lowest BCUT2D eigenvalue weighted by Crippen LogP contribution is -2.42. The maximum Gasteiger partial charge on any atom is 0.318 e. The minimum atomic E-state index is -0.216. The number of urea groups is 1. The number of hydrogen-bond donors (Lipinski definition) is 1. The Kier molecular flexibility index (Phi) is 6.45. The molecule has 0 spiro atoms. The minimum absolute atomic E-state index is 0.0467. The van der Waals surface area contributed by atoms with E-state index in [0.717, 1.165) is 46.9 Å². The third-order valence-corrected chi connectivity index (χ3v) is 6.68. The number of nitrogens with zero attached hydrogens (tertiary/aromatic N) is 4. The lowest BCUT2D eigenvalue weighted by molar-refractivity contribution is 0.180. The third kappa shape index (κ3) is 4.36. The highest BCUT2D eigenvalue weighted by Gasteiger charge is 2.36. The van der Waals surface area contributed by atoms with Crippen molar-refractivity contribution in [3.8, 4) is 11.5 Å². The van der Waals surface area contributed by atoms with Crippen LogP contribution >= 0.6 is 0 Å². The topological polar surface area (TPSA) is 55.1 Å². The summed E-state index contributed by atoms with van der Waals surface area (Å²) in [5, 5.41) is 8.21. The van der Waals surface area contributed by atoms with Crippen molar-refractivity contribution < 1.29 is 4.79 Å². The highest BCUT2D eigenvalue weighted by atomic mass is 16.2. The molecule has 5 rings (SSSR count). The van der Waals surface area contributed by atoms with Crippen LogP contribution in [0.15, 0.2) is 79.0 Å². The van der Waals surface area contributed by atoms with Crippen LogP contribution < -0.4 is 5.32 Å². The van der Waals surface area contributed by atoms with Gasteiger partial charge in [-0.1, -0.05) is 69.3 Å². The Hall–Kier alpha value is -3.80. The van der Waals surface area contributed by atoms with E-state index in [1.807, 2.05) is 46.0 Å². The first-order chi connectivity index (χ1) is 17.1. The smallest absolute Gasteiger partial charge is 0.318 e. The van der Waals surface area contributed by atoms with Crippen molar-refractivity contribution in [1.29, 1.82) is 0 Å². The van der Waals surface area contributed by atoms with Gasteiger partial charge in [0.15, 0.2) is 0 Å². The molecule has 0 aliphatic carbocycles. The number of nitrogens with one attached hydrogen (secondary N) is 1. The number of hydrogen-bond acceptors (Lipinski definition) is 2. The molecular formula is C29H33N5O. The van der Waals surface area contributed by atoms with Gasteiger partial charge in [0.05, 0.1) is 29.7 Å². The molecule has 3 heterocycles. The van der Waals surface area contributed by atoms with E-state index < -0.39 is 0 Å². The van der Waals surface area contributed by atoms with Gasteiger partial charge in [0.2, 0.25) is 0 Å². The molecule has 0 saturated heterocycles. The summed E-state index contributed by atoms with van der Waals surface area (Å²) >= 11 is 0. The molecule has 2 aromatic heterocycles. The second-order valence-electron chi connectivity index (χ2n) is 9.51.